The normalized spacial score (nSPS) is 14.7. The molecule has 1 aromatic carbocycles. The van der Waals surface area contributed by atoms with Gasteiger partial charge in [-0.25, -0.2) is 4.90 Å². The molecular formula is C12H8N4O3. The lowest BCUT2D eigenvalue weighted by molar-refractivity contribution is -0.119. The van der Waals surface area contributed by atoms with Gasteiger partial charge in [0.05, 0.1) is 11.2 Å². The minimum Gasteiger partial charge on any atom is -0.273 e. The molecule has 94 valence electrons. The van der Waals surface area contributed by atoms with Gasteiger partial charge in [-0.2, -0.15) is 4.68 Å². The van der Waals surface area contributed by atoms with Crippen molar-refractivity contribution in [1.82, 2.24) is 15.0 Å². The number of imide groups is 1. The van der Waals surface area contributed by atoms with Crippen molar-refractivity contribution in [1.29, 1.82) is 0 Å². The lowest BCUT2D eigenvalue weighted by Gasteiger charge is -2.13. The van der Waals surface area contributed by atoms with Crippen LogP contribution in [-0.4, -0.2) is 32.7 Å². The molecule has 0 saturated carbocycles. The zero-order chi connectivity index (χ0) is 13.6. The van der Waals surface area contributed by atoms with Gasteiger partial charge in [-0.15, -0.1) is 5.10 Å². The molecule has 19 heavy (non-hydrogen) atoms. The second-order valence-corrected chi connectivity index (χ2v) is 4.04. The third-order valence-electron chi connectivity index (χ3n) is 2.79. The Morgan fingerprint density at radius 1 is 1.16 bits per heavy atom. The van der Waals surface area contributed by atoms with Crippen LogP contribution in [0.25, 0.3) is 11.0 Å². The third-order valence-corrected chi connectivity index (χ3v) is 2.79. The molecule has 3 rings (SSSR count). The Morgan fingerprint density at radius 2 is 1.84 bits per heavy atom. The number of nitrogens with zero attached hydrogens (tertiary/aromatic N) is 4. The van der Waals surface area contributed by atoms with Crippen molar-refractivity contribution in [2.75, 3.05) is 4.90 Å². The number of benzene rings is 1. The highest BCUT2D eigenvalue weighted by Gasteiger charge is 2.25. The summed E-state index contributed by atoms with van der Waals surface area (Å²) in [6.45, 7) is 1.36. The van der Waals surface area contributed by atoms with Crippen LogP contribution in [0.15, 0.2) is 30.4 Å². The first-order valence-electron chi connectivity index (χ1n) is 5.50. The molecule has 0 bridgehead atoms. The van der Waals surface area contributed by atoms with Crippen LogP contribution in [0.1, 0.15) is 11.7 Å². The number of aromatic nitrogens is 3. The fourth-order valence-electron chi connectivity index (χ4n) is 1.93. The number of carbonyl (C=O) groups is 3. The zero-order valence-corrected chi connectivity index (χ0v) is 9.90. The van der Waals surface area contributed by atoms with Gasteiger partial charge >= 0.3 is 0 Å². The highest BCUT2D eigenvalue weighted by Crippen LogP contribution is 2.23. The lowest BCUT2D eigenvalue weighted by Crippen LogP contribution is -2.29. The van der Waals surface area contributed by atoms with E-state index in [9.17, 15) is 14.4 Å². The molecule has 0 fully saturated rings. The Bertz CT molecular complexity index is 741. The molecule has 7 nitrogen and oxygen atoms in total. The minimum absolute atomic E-state index is 0.295. The quantitative estimate of drug-likeness (QED) is 0.694. The average molecular weight is 256 g/mol. The molecular weight excluding hydrogens is 248 g/mol. The molecule has 0 aliphatic carbocycles. The van der Waals surface area contributed by atoms with Crippen LogP contribution in [-0.2, 0) is 9.59 Å². The largest absolute Gasteiger partial charge is 0.273 e. The first-order valence-corrected chi connectivity index (χ1v) is 5.50. The van der Waals surface area contributed by atoms with Crippen LogP contribution >= 0.6 is 0 Å². The van der Waals surface area contributed by atoms with Crippen molar-refractivity contribution < 1.29 is 14.4 Å². The first kappa shape index (κ1) is 11.3. The molecule has 1 aromatic heterocycles. The van der Waals surface area contributed by atoms with Crippen molar-refractivity contribution in [2.24, 2.45) is 0 Å². The molecule has 0 atom stereocenters. The maximum atomic E-state index is 11.6. The molecule has 0 saturated heterocycles. The standard InChI is InChI=1S/C12H8N4O3/c1-7(17)16-10-6-8(2-3-9(10)13-14-16)15-11(18)4-5-12(15)19/h2-6H,1H3. The number of rotatable bonds is 1. The van der Waals surface area contributed by atoms with Gasteiger partial charge in [-0.1, -0.05) is 5.21 Å². The number of hydrogen-bond donors (Lipinski definition) is 0. The SMILES string of the molecule is CC(=O)n1nnc2ccc(N3C(=O)C=CC3=O)cc21. The number of amides is 2. The van der Waals surface area contributed by atoms with Crippen LogP contribution in [0.2, 0.25) is 0 Å². The van der Waals surface area contributed by atoms with E-state index in [1.807, 2.05) is 0 Å². The maximum Gasteiger partial charge on any atom is 0.258 e. The summed E-state index contributed by atoms with van der Waals surface area (Å²) >= 11 is 0. The molecule has 2 heterocycles. The van der Waals surface area contributed by atoms with E-state index in [0.717, 1.165) is 9.58 Å². The topological polar surface area (TPSA) is 85.2 Å². The van der Waals surface area contributed by atoms with Crippen LogP contribution in [0, 0.1) is 0 Å². The summed E-state index contributed by atoms with van der Waals surface area (Å²) in [5.41, 5.74) is 1.36. The molecule has 0 N–H and O–H groups in total. The van der Waals surface area contributed by atoms with Gasteiger partial charge in [0, 0.05) is 19.1 Å². The van der Waals surface area contributed by atoms with E-state index in [1.165, 1.54) is 19.1 Å². The van der Waals surface area contributed by atoms with Crippen molar-refractivity contribution in [3.05, 3.63) is 30.4 Å². The molecule has 2 aromatic rings. The summed E-state index contributed by atoms with van der Waals surface area (Å²) in [5, 5.41) is 7.55. The van der Waals surface area contributed by atoms with E-state index < -0.39 is 11.8 Å². The van der Waals surface area contributed by atoms with Crippen LogP contribution in [0.5, 0.6) is 0 Å². The molecule has 1 aliphatic rings. The Hall–Kier alpha value is -2.83. The van der Waals surface area contributed by atoms with E-state index in [-0.39, 0.29) is 5.91 Å². The molecule has 2 amide bonds. The van der Waals surface area contributed by atoms with Crippen molar-refractivity contribution in [3.63, 3.8) is 0 Å². The van der Waals surface area contributed by atoms with Gasteiger partial charge in [0.25, 0.3) is 11.8 Å². The summed E-state index contributed by atoms with van der Waals surface area (Å²) in [6, 6.07) is 4.74. The van der Waals surface area contributed by atoms with E-state index in [0.29, 0.717) is 16.7 Å². The van der Waals surface area contributed by atoms with Crippen LogP contribution in [0.3, 0.4) is 0 Å². The van der Waals surface area contributed by atoms with Crippen LogP contribution in [0.4, 0.5) is 5.69 Å². The van der Waals surface area contributed by atoms with Crippen molar-refractivity contribution >= 4 is 34.4 Å². The van der Waals surface area contributed by atoms with E-state index in [2.05, 4.69) is 10.3 Å². The molecule has 7 heteroatoms. The minimum atomic E-state index is -0.411. The summed E-state index contributed by atoms with van der Waals surface area (Å²) in [5.74, 6) is -1.12. The van der Waals surface area contributed by atoms with Gasteiger partial charge < -0.3 is 0 Å². The van der Waals surface area contributed by atoms with E-state index in [4.69, 9.17) is 0 Å². The van der Waals surface area contributed by atoms with Crippen LogP contribution < -0.4 is 4.90 Å². The molecule has 0 unspecified atom stereocenters. The monoisotopic (exact) mass is 256 g/mol. The fraction of sp³-hybridized carbons (Fsp3) is 0.0833. The summed E-state index contributed by atoms with van der Waals surface area (Å²) < 4.78 is 1.12. The highest BCUT2D eigenvalue weighted by atomic mass is 16.2. The second kappa shape index (κ2) is 3.84. The number of anilines is 1. The Morgan fingerprint density at radius 3 is 2.47 bits per heavy atom. The Labute approximate surface area is 107 Å². The predicted octanol–water partition coefficient (Wildman–Crippen LogP) is 0.521. The highest BCUT2D eigenvalue weighted by molar-refractivity contribution is 6.28. The smallest absolute Gasteiger partial charge is 0.258 e. The number of fused-ring (bicyclic) bond motifs is 1. The molecule has 0 spiro atoms. The summed E-state index contributed by atoms with van der Waals surface area (Å²) in [7, 11) is 0. The molecule has 0 radical (unpaired) electrons. The maximum absolute atomic E-state index is 11.6. The fourth-order valence-corrected chi connectivity index (χ4v) is 1.93. The van der Waals surface area contributed by atoms with Crippen molar-refractivity contribution in [3.8, 4) is 0 Å². The summed E-state index contributed by atoms with van der Waals surface area (Å²) in [6.07, 6.45) is 2.40. The summed E-state index contributed by atoms with van der Waals surface area (Å²) in [4.78, 5) is 35.6. The third kappa shape index (κ3) is 1.63. The van der Waals surface area contributed by atoms with Gasteiger partial charge in [0.2, 0.25) is 5.91 Å². The first-order chi connectivity index (χ1) is 9.08. The number of hydrogen-bond acceptors (Lipinski definition) is 5. The molecule has 1 aliphatic heterocycles. The van der Waals surface area contributed by atoms with Gasteiger partial charge in [0.15, 0.2) is 0 Å². The van der Waals surface area contributed by atoms with Gasteiger partial charge in [0.1, 0.15) is 5.52 Å². The lowest BCUT2D eigenvalue weighted by atomic mass is 10.2. The second-order valence-electron chi connectivity index (χ2n) is 4.04. The Kier molecular flexibility index (Phi) is 2.28. The van der Waals surface area contributed by atoms with Crippen molar-refractivity contribution in [2.45, 2.75) is 6.92 Å². The van der Waals surface area contributed by atoms with Gasteiger partial charge in [-0.05, 0) is 18.2 Å². The Balaban J connectivity index is 2.16. The predicted molar refractivity (Wildman–Crippen MR) is 65.5 cm³/mol. The van der Waals surface area contributed by atoms with E-state index in [1.54, 1.807) is 18.2 Å². The average Bonchev–Trinajstić information content (AvgIpc) is 2.92. The number of carbonyl (C=O) groups excluding carboxylic acids is 3. The van der Waals surface area contributed by atoms with E-state index >= 15 is 0 Å². The zero-order valence-electron chi connectivity index (χ0n) is 9.90. The van der Waals surface area contributed by atoms with Gasteiger partial charge in [-0.3, -0.25) is 14.4 Å².